The lowest BCUT2D eigenvalue weighted by atomic mass is 9.99. The van der Waals surface area contributed by atoms with E-state index in [9.17, 15) is 0 Å². The average Bonchev–Trinajstić information content (AvgIpc) is 2.57. The number of hydrogen-bond acceptors (Lipinski definition) is 3. The van der Waals surface area contributed by atoms with Crippen LogP contribution in [0, 0.1) is 0 Å². The van der Waals surface area contributed by atoms with E-state index in [1.165, 1.54) is 11.1 Å². The van der Waals surface area contributed by atoms with Crippen molar-refractivity contribution in [3.05, 3.63) is 70.4 Å². The van der Waals surface area contributed by atoms with Gasteiger partial charge in [-0.3, -0.25) is 9.88 Å². The second-order valence-electron chi connectivity index (χ2n) is 6.06. The van der Waals surface area contributed by atoms with Crippen LogP contribution in [0.4, 0.5) is 5.69 Å². The van der Waals surface area contributed by atoms with Gasteiger partial charge in [-0.15, -0.1) is 0 Å². The molecule has 0 unspecified atom stereocenters. The zero-order valence-corrected chi connectivity index (χ0v) is 13.6. The maximum absolute atomic E-state index is 6.39. The molecular weight excluding hydrogens is 306 g/mol. The van der Waals surface area contributed by atoms with Crippen LogP contribution in [0.1, 0.15) is 16.8 Å². The molecule has 0 spiro atoms. The Kier molecular flexibility index (Phi) is 3.68. The predicted octanol–water partition coefficient (Wildman–Crippen LogP) is 4.03. The van der Waals surface area contributed by atoms with Gasteiger partial charge in [-0.2, -0.15) is 0 Å². The highest BCUT2D eigenvalue weighted by Crippen LogP contribution is 2.31. The van der Waals surface area contributed by atoms with Gasteiger partial charge in [0.25, 0.3) is 0 Å². The van der Waals surface area contributed by atoms with Crippen LogP contribution in [0.3, 0.4) is 0 Å². The molecule has 0 saturated carbocycles. The number of rotatable bonds is 2. The van der Waals surface area contributed by atoms with E-state index in [4.69, 9.17) is 22.3 Å². The molecule has 23 heavy (non-hydrogen) atoms. The van der Waals surface area contributed by atoms with Gasteiger partial charge in [-0.1, -0.05) is 41.9 Å². The summed E-state index contributed by atoms with van der Waals surface area (Å²) in [5.41, 5.74) is 11.8. The first-order chi connectivity index (χ1) is 11.2. The number of fused-ring (bicyclic) bond motifs is 2. The predicted molar refractivity (Wildman–Crippen MR) is 95.4 cm³/mol. The fraction of sp³-hybridized carbons (Fsp3) is 0.211. The first-order valence-electron chi connectivity index (χ1n) is 7.83. The summed E-state index contributed by atoms with van der Waals surface area (Å²) in [5.74, 6) is 0. The molecule has 2 heterocycles. The van der Waals surface area contributed by atoms with E-state index in [1.807, 2.05) is 18.2 Å². The van der Waals surface area contributed by atoms with E-state index in [0.29, 0.717) is 5.02 Å². The first kappa shape index (κ1) is 14.5. The highest BCUT2D eigenvalue weighted by atomic mass is 35.5. The summed E-state index contributed by atoms with van der Waals surface area (Å²) in [6.07, 6.45) is 0.934. The lowest BCUT2D eigenvalue weighted by Gasteiger charge is -2.29. The lowest BCUT2D eigenvalue weighted by molar-refractivity contribution is 0.242. The summed E-state index contributed by atoms with van der Waals surface area (Å²) < 4.78 is 0. The molecule has 4 heteroatoms. The minimum atomic E-state index is 0.701. The number of anilines is 1. The molecular formula is C19H18ClN3. The molecule has 0 bridgehead atoms. The summed E-state index contributed by atoms with van der Waals surface area (Å²) >= 11 is 6.10. The molecule has 3 aromatic rings. The van der Waals surface area contributed by atoms with Gasteiger partial charge in [-0.25, -0.2) is 0 Å². The summed E-state index contributed by atoms with van der Waals surface area (Å²) in [7, 11) is 0. The van der Waals surface area contributed by atoms with E-state index in [0.717, 1.165) is 48.3 Å². The van der Waals surface area contributed by atoms with Crippen LogP contribution in [0.2, 0.25) is 5.02 Å². The normalized spacial score (nSPS) is 14.8. The summed E-state index contributed by atoms with van der Waals surface area (Å²) in [6.45, 7) is 2.79. The van der Waals surface area contributed by atoms with Gasteiger partial charge in [0.15, 0.2) is 0 Å². The van der Waals surface area contributed by atoms with Crippen molar-refractivity contribution in [3.8, 4) is 0 Å². The Morgan fingerprint density at radius 2 is 1.96 bits per heavy atom. The maximum Gasteiger partial charge on any atom is 0.0727 e. The average molecular weight is 324 g/mol. The highest BCUT2D eigenvalue weighted by Gasteiger charge is 2.21. The van der Waals surface area contributed by atoms with Gasteiger partial charge in [0.2, 0.25) is 0 Å². The molecule has 1 aliphatic heterocycles. The highest BCUT2D eigenvalue weighted by molar-refractivity contribution is 6.31. The van der Waals surface area contributed by atoms with Gasteiger partial charge >= 0.3 is 0 Å². The lowest BCUT2D eigenvalue weighted by Crippen LogP contribution is -2.31. The van der Waals surface area contributed by atoms with Crippen molar-refractivity contribution < 1.29 is 0 Å². The standard InChI is InChI=1S/C19H18ClN3/c20-14-6-7-17-16(10-14)19(21)15-8-9-23(12-18(15)22-17)11-13-4-2-1-3-5-13/h1-7,10H,8-9,11-12H2,(H2,21,22). The van der Waals surface area contributed by atoms with Gasteiger partial charge in [0.05, 0.1) is 11.2 Å². The summed E-state index contributed by atoms with van der Waals surface area (Å²) in [6, 6.07) is 16.3. The molecule has 3 nitrogen and oxygen atoms in total. The van der Waals surface area contributed by atoms with E-state index < -0.39 is 0 Å². The SMILES string of the molecule is Nc1c2c(nc3ccc(Cl)cc13)CN(Cc1ccccc1)CC2. The smallest absolute Gasteiger partial charge is 0.0727 e. The van der Waals surface area contributed by atoms with Crippen molar-refractivity contribution in [3.63, 3.8) is 0 Å². The molecule has 0 fully saturated rings. The van der Waals surface area contributed by atoms with Crippen LogP contribution in [0.15, 0.2) is 48.5 Å². The number of aromatic nitrogens is 1. The molecule has 1 aromatic heterocycles. The van der Waals surface area contributed by atoms with Crippen molar-refractivity contribution in [1.29, 1.82) is 0 Å². The monoisotopic (exact) mass is 323 g/mol. The number of hydrogen-bond donors (Lipinski definition) is 1. The Morgan fingerprint density at radius 3 is 2.78 bits per heavy atom. The molecule has 2 aromatic carbocycles. The Morgan fingerprint density at radius 1 is 1.13 bits per heavy atom. The summed E-state index contributed by atoms with van der Waals surface area (Å²) in [4.78, 5) is 7.25. The molecule has 2 N–H and O–H groups in total. The fourth-order valence-electron chi connectivity index (χ4n) is 3.30. The largest absolute Gasteiger partial charge is 0.398 e. The van der Waals surface area contributed by atoms with Gasteiger partial charge in [-0.05, 0) is 35.7 Å². The molecule has 116 valence electrons. The number of halogens is 1. The fourth-order valence-corrected chi connectivity index (χ4v) is 3.47. The van der Waals surface area contributed by atoms with E-state index in [2.05, 4.69) is 35.2 Å². The zero-order valence-electron chi connectivity index (χ0n) is 12.8. The van der Waals surface area contributed by atoms with E-state index in [-0.39, 0.29) is 0 Å². The zero-order chi connectivity index (χ0) is 15.8. The van der Waals surface area contributed by atoms with Crippen LogP contribution in [-0.4, -0.2) is 16.4 Å². The van der Waals surface area contributed by atoms with Crippen LogP contribution in [-0.2, 0) is 19.5 Å². The maximum atomic E-state index is 6.39. The van der Waals surface area contributed by atoms with E-state index >= 15 is 0 Å². The topological polar surface area (TPSA) is 42.1 Å². The third-order valence-corrected chi connectivity index (χ3v) is 4.71. The molecule has 0 atom stereocenters. The van der Waals surface area contributed by atoms with Crippen molar-refractivity contribution in [2.45, 2.75) is 19.5 Å². The second-order valence-corrected chi connectivity index (χ2v) is 6.49. The van der Waals surface area contributed by atoms with Crippen LogP contribution >= 0.6 is 11.6 Å². The first-order valence-corrected chi connectivity index (χ1v) is 8.21. The number of pyridine rings is 1. The molecule has 0 amide bonds. The molecule has 4 rings (SSSR count). The van der Waals surface area contributed by atoms with Crippen molar-refractivity contribution in [2.24, 2.45) is 0 Å². The molecule has 1 aliphatic rings. The number of benzene rings is 2. The Hall–Kier alpha value is -2.10. The second kappa shape index (κ2) is 5.84. The number of nitrogens with zero attached hydrogens (tertiary/aromatic N) is 2. The van der Waals surface area contributed by atoms with Crippen molar-refractivity contribution in [1.82, 2.24) is 9.88 Å². The van der Waals surface area contributed by atoms with Crippen LogP contribution < -0.4 is 5.73 Å². The molecule has 0 saturated heterocycles. The third-order valence-electron chi connectivity index (χ3n) is 4.48. The van der Waals surface area contributed by atoms with Crippen LogP contribution in [0.5, 0.6) is 0 Å². The molecule has 0 radical (unpaired) electrons. The Labute approximate surface area is 140 Å². The summed E-state index contributed by atoms with van der Waals surface area (Å²) in [5, 5.41) is 1.67. The quantitative estimate of drug-likeness (QED) is 0.774. The Bertz CT molecular complexity index is 861. The third kappa shape index (κ3) is 2.78. The molecule has 0 aliphatic carbocycles. The minimum absolute atomic E-state index is 0.701. The van der Waals surface area contributed by atoms with Crippen molar-refractivity contribution in [2.75, 3.05) is 12.3 Å². The van der Waals surface area contributed by atoms with Gasteiger partial charge in [0.1, 0.15) is 0 Å². The van der Waals surface area contributed by atoms with Gasteiger partial charge in [0, 0.05) is 35.7 Å². The van der Waals surface area contributed by atoms with Crippen molar-refractivity contribution >= 4 is 28.2 Å². The Balaban J connectivity index is 1.67. The number of nitrogen functional groups attached to an aromatic ring is 1. The van der Waals surface area contributed by atoms with Crippen LogP contribution in [0.25, 0.3) is 10.9 Å². The minimum Gasteiger partial charge on any atom is -0.398 e. The van der Waals surface area contributed by atoms with Gasteiger partial charge < -0.3 is 5.73 Å². The number of nitrogens with two attached hydrogens (primary N) is 1. The van der Waals surface area contributed by atoms with E-state index in [1.54, 1.807) is 0 Å².